The highest BCUT2D eigenvalue weighted by Gasteiger charge is 2.28. The van der Waals surface area contributed by atoms with Crippen LogP contribution in [0.15, 0.2) is 30.5 Å². The number of hydrogen-bond donors (Lipinski definition) is 0. The van der Waals surface area contributed by atoms with Gasteiger partial charge in [-0.3, -0.25) is 0 Å². The smallest absolute Gasteiger partial charge is 0.201 e. The second kappa shape index (κ2) is 7.91. The summed E-state index contributed by atoms with van der Waals surface area (Å²) < 4.78 is 2.35. The van der Waals surface area contributed by atoms with E-state index < -0.39 is 8.07 Å². The number of benzene rings is 1. The fraction of sp³-hybridized carbons (Fsp3) is 0.560. The fourth-order valence-corrected chi connectivity index (χ4v) is 5.67. The second-order valence-corrected chi connectivity index (χ2v) is 16.0. The predicted molar refractivity (Wildman–Crippen MR) is 122 cm³/mol. The summed E-state index contributed by atoms with van der Waals surface area (Å²) in [6.45, 7) is 21.3. The van der Waals surface area contributed by atoms with E-state index in [1.165, 1.54) is 22.4 Å². The highest BCUT2D eigenvalue weighted by molar-refractivity contribution is 6.88. The summed E-state index contributed by atoms with van der Waals surface area (Å²) in [7, 11) is 0.815. The minimum absolute atomic E-state index is 0.293. The molecule has 0 bridgehead atoms. The zero-order valence-corrected chi connectivity index (χ0v) is 20.3. The van der Waals surface area contributed by atoms with E-state index in [2.05, 4.69) is 103 Å². The molecule has 1 heterocycles. The summed E-state index contributed by atoms with van der Waals surface area (Å²) in [6, 6.07) is 9.50. The Morgan fingerprint density at radius 2 is 1.67 bits per heavy atom. The highest BCUT2D eigenvalue weighted by Crippen LogP contribution is 2.26. The van der Waals surface area contributed by atoms with Crippen molar-refractivity contribution in [3.05, 3.63) is 47.2 Å². The third-order valence-corrected chi connectivity index (χ3v) is 7.17. The molecule has 0 fully saturated rings. The van der Waals surface area contributed by atoms with Crippen molar-refractivity contribution in [1.29, 1.82) is 0 Å². The third-order valence-electron chi connectivity index (χ3n) is 5.10. The van der Waals surface area contributed by atoms with Gasteiger partial charge >= 0.3 is 0 Å². The van der Waals surface area contributed by atoms with Crippen LogP contribution < -0.4 is 9.75 Å². The maximum atomic E-state index is 2.48. The van der Waals surface area contributed by atoms with Crippen LogP contribution >= 0.6 is 0 Å². The van der Waals surface area contributed by atoms with Gasteiger partial charge in [-0.15, -0.1) is 0 Å². The lowest BCUT2D eigenvalue weighted by Gasteiger charge is -2.25. The minimum Gasteiger partial charge on any atom is -0.201 e. The van der Waals surface area contributed by atoms with Crippen molar-refractivity contribution < 1.29 is 4.57 Å². The topological polar surface area (TPSA) is 3.88 Å². The van der Waals surface area contributed by atoms with Crippen LogP contribution in [0.4, 0.5) is 0 Å². The van der Waals surface area contributed by atoms with Gasteiger partial charge in [0, 0.05) is 16.8 Å². The van der Waals surface area contributed by atoms with Gasteiger partial charge in [-0.1, -0.05) is 66.4 Å². The molecule has 0 saturated carbocycles. The van der Waals surface area contributed by atoms with Crippen molar-refractivity contribution in [1.82, 2.24) is 0 Å². The van der Waals surface area contributed by atoms with E-state index >= 15 is 0 Å². The third kappa shape index (κ3) is 5.78. The van der Waals surface area contributed by atoms with Crippen LogP contribution in [0.25, 0.3) is 11.3 Å². The molecule has 0 amide bonds. The van der Waals surface area contributed by atoms with Gasteiger partial charge in [0.1, 0.15) is 7.05 Å². The van der Waals surface area contributed by atoms with Gasteiger partial charge in [-0.05, 0) is 53.9 Å². The summed E-state index contributed by atoms with van der Waals surface area (Å²) in [5.74, 6) is 0.695. The lowest BCUT2D eigenvalue weighted by molar-refractivity contribution is -0.659. The Kier molecular flexibility index (Phi) is 6.41. The average Bonchev–Trinajstić information content (AvgIpc) is 2.46. The van der Waals surface area contributed by atoms with Crippen LogP contribution in [0.2, 0.25) is 19.6 Å². The molecule has 0 aliphatic heterocycles. The molecule has 2 heteroatoms. The number of pyridine rings is 1. The maximum absolute atomic E-state index is 2.48. The van der Waals surface area contributed by atoms with Crippen LogP contribution in [0.3, 0.4) is 0 Å². The standard InChI is InChI=1S/C25H40NSi/c1-18(2)13-20-11-12-22(19(3)14-20)23-15-21(16-25(4,5)6)24(17-26(23)7)27(8,9)10/h11-12,14-15,17-18H,13,16H2,1-10H3/q+1. The monoisotopic (exact) mass is 382 g/mol. The highest BCUT2D eigenvalue weighted by atomic mass is 28.3. The molecule has 0 atom stereocenters. The fourth-order valence-electron chi connectivity index (χ4n) is 3.96. The molecule has 1 aromatic heterocycles. The SMILES string of the molecule is Cc1cc(CC(C)C)ccc1-c1cc(CC(C)(C)C)c([Si](C)(C)C)c[n+]1C. The normalized spacial score (nSPS) is 12.7. The summed E-state index contributed by atoms with van der Waals surface area (Å²) in [6.07, 6.45) is 4.70. The summed E-state index contributed by atoms with van der Waals surface area (Å²) >= 11 is 0. The Bertz CT molecular complexity index is 804. The molecule has 1 aromatic carbocycles. The van der Waals surface area contributed by atoms with Crippen LogP contribution in [0, 0.1) is 18.3 Å². The number of rotatable bonds is 5. The molecule has 0 aliphatic rings. The number of aryl methyl sites for hydroxylation is 2. The first-order valence-corrected chi connectivity index (χ1v) is 13.9. The molecular formula is C25H40NSi+. The van der Waals surface area contributed by atoms with Crippen molar-refractivity contribution >= 4 is 13.3 Å². The van der Waals surface area contributed by atoms with E-state index in [1.54, 1.807) is 10.8 Å². The van der Waals surface area contributed by atoms with Crippen LogP contribution in [-0.4, -0.2) is 8.07 Å². The zero-order valence-electron chi connectivity index (χ0n) is 19.3. The average molecular weight is 383 g/mol. The van der Waals surface area contributed by atoms with Gasteiger partial charge in [0.15, 0.2) is 6.20 Å². The summed E-state index contributed by atoms with van der Waals surface area (Å²) in [5, 5.41) is 1.60. The molecule has 0 unspecified atom stereocenters. The van der Waals surface area contributed by atoms with E-state index in [-0.39, 0.29) is 0 Å². The van der Waals surface area contributed by atoms with Crippen molar-refractivity contribution in [2.75, 3.05) is 0 Å². The van der Waals surface area contributed by atoms with E-state index in [1.807, 2.05) is 0 Å². The molecule has 0 spiro atoms. The number of aromatic nitrogens is 1. The van der Waals surface area contributed by atoms with Crippen molar-refractivity contribution in [2.24, 2.45) is 18.4 Å². The first-order chi connectivity index (χ1) is 12.3. The number of hydrogen-bond acceptors (Lipinski definition) is 0. The van der Waals surface area contributed by atoms with Crippen molar-refractivity contribution in [3.8, 4) is 11.3 Å². The molecule has 0 aliphatic carbocycles. The Balaban J connectivity index is 2.59. The van der Waals surface area contributed by atoms with Crippen LogP contribution in [-0.2, 0) is 19.9 Å². The summed E-state index contributed by atoms with van der Waals surface area (Å²) in [4.78, 5) is 0. The lowest BCUT2D eigenvalue weighted by Crippen LogP contribution is -2.47. The van der Waals surface area contributed by atoms with E-state index in [4.69, 9.17) is 0 Å². The Labute approximate surface area is 168 Å². The second-order valence-electron chi connectivity index (χ2n) is 10.9. The van der Waals surface area contributed by atoms with Crippen molar-refractivity contribution in [3.63, 3.8) is 0 Å². The van der Waals surface area contributed by atoms with Gasteiger partial charge < -0.3 is 0 Å². The van der Waals surface area contributed by atoms with E-state index in [9.17, 15) is 0 Å². The quantitative estimate of drug-likeness (QED) is 0.453. The molecule has 2 aromatic rings. The molecular weight excluding hydrogens is 342 g/mol. The first-order valence-electron chi connectivity index (χ1n) is 10.4. The van der Waals surface area contributed by atoms with E-state index in [0.717, 1.165) is 12.8 Å². The Morgan fingerprint density at radius 3 is 2.15 bits per heavy atom. The summed E-state index contributed by atoms with van der Waals surface area (Å²) in [5.41, 5.74) is 7.36. The molecule has 148 valence electrons. The van der Waals surface area contributed by atoms with Crippen molar-refractivity contribution in [2.45, 2.75) is 74.0 Å². The van der Waals surface area contributed by atoms with Gasteiger partial charge in [0.25, 0.3) is 0 Å². The van der Waals surface area contributed by atoms with Gasteiger partial charge in [-0.25, -0.2) is 4.57 Å². The zero-order chi connectivity index (χ0) is 20.6. The molecule has 27 heavy (non-hydrogen) atoms. The van der Waals surface area contributed by atoms with Gasteiger partial charge in [-0.2, -0.15) is 0 Å². The van der Waals surface area contributed by atoms with Crippen LogP contribution in [0.5, 0.6) is 0 Å². The largest absolute Gasteiger partial charge is 0.212 e. The lowest BCUT2D eigenvalue weighted by atomic mass is 9.87. The molecule has 0 N–H and O–H groups in total. The van der Waals surface area contributed by atoms with E-state index in [0.29, 0.717) is 11.3 Å². The molecule has 2 rings (SSSR count). The number of nitrogens with zero attached hydrogens (tertiary/aromatic N) is 1. The minimum atomic E-state index is -1.39. The predicted octanol–water partition coefficient (Wildman–Crippen LogP) is 5.82. The maximum Gasteiger partial charge on any atom is 0.212 e. The van der Waals surface area contributed by atoms with Gasteiger partial charge in [0.2, 0.25) is 5.69 Å². The first kappa shape index (κ1) is 21.9. The Hall–Kier alpha value is -1.41. The van der Waals surface area contributed by atoms with Gasteiger partial charge in [0.05, 0.1) is 8.07 Å². The molecule has 1 nitrogen and oxygen atoms in total. The molecule has 0 saturated heterocycles. The van der Waals surface area contributed by atoms with Crippen LogP contribution in [0.1, 0.15) is 51.3 Å². The Morgan fingerprint density at radius 1 is 1.04 bits per heavy atom. The molecule has 0 radical (unpaired) electrons.